The zero-order valence-electron chi connectivity index (χ0n) is 11.1. The van der Waals surface area contributed by atoms with Crippen LogP contribution in [0.2, 0.25) is 0 Å². The van der Waals surface area contributed by atoms with Crippen LogP contribution in [0.25, 0.3) is 11.4 Å². The average Bonchev–Trinajstić information content (AvgIpc) is 2.83. The molecule has 6 nitrogen and oxygen atoms in total. The predicted molar refractivity (Wildman–Crippen MR) is 71.7 cm³/mol. The van der Waals surface area contributed by atoms with Gasteiger partial charge in [0.2, 0.25) is 0 Å². The Morgan fingerprint density at radius 1 is 1.37 bits per heavy atom. The molecule has 0 aliphatic heterocycles. The van der Waals surface area contributed by atoms with E-state index in [9.17, 15) is 0 Å². The van der Waals surface area contributed by atoms with Crippen molar-refractivity contribution in [3.63, 3.8) is 0 Å². The van der Waals surface area contributed by atoms with Crippen LogP contribution in [-0.4, -0.2) is 27.3 Å². The fraction of sp³-hybridized carbons (Fsp3) is 0.462. The Balaban J connectivity index is 2.01. The lowest BCUT2D eigenvalue weighted by Crippen LogP contribution is -2.26. The van der Waals surface area contributed by atoms with Crippen molar-refractivity contribution in [1.82, 2.24) is 20.2 Å². The van der Waals surface area contributed by atoms with Gasteiger partial charge in [0.25, 0.3) is 0 Å². The maximum absolute atomic E-state index is 5.77. The normalized spacial score (nSPS) is 22.0. The molecule has 1 aliphatic rings. The molecular weight excluding hydrogens is 242 g/mol. The Morgan fingerprint density at radius 3 is 2.84 bits per heavy atom. The van der Waals surface area contributed by atoms with Crippen LogP contribution in [0.5, 0.6) is 5.75 Å². The molecular formula is C13H17N5O. The number of nitrogens with zero attached hydrogens (tertiary/aromatic N) is 4. The summed E-state index contributed by atoms with van der Waals surface area (Å²) in [7, 11) is 1.62. The van der Waals surface area contributed by atoms with Gasteiger partial charge in [0, 0.05) is 11.8 Å². The summed E-state index contributed by atoms with van der Waals surface area (Å²) in [5.74, 6) is 2.19. The maximum atomic E-state index is 5.77. The van der Waals surface area contributed by atoms with Crippen molar-refractivity contribution in [2.24, 2.45) is 5.92 Å². The van der Waals surface area contributed by atoms with Gasteiger partial charge in [-0.3, -0.25) is 0 Å². The summed E-state index contributed by atoms with van der Waals surface area (Å²) in [5.41, 5.74) is 7.31. The minimum Gasteiger partial charge on any atom is -0.496 e. The number of ether oxygens (including phenoxy) is 1. The number of anilines is 1. The van der Waals surface area contributed by atoms with Crippen LogP contribution < -0.4 is 10.5 Å². The highest BCUT2D eigenvalue weighted by molar-refractivity contribution is 5.67. The molecule has 1 aromatic heterocycles. The zero-order chi connectivity index (χ0) is 13.4. The number of benzene rings is 1. The molecule has 1 aliphatic carbocycles. The van der Waals surface area contributed by atoms with E-state index < -0.39 is 0 Å². The number of nitrogens with two attached hydrogens (primary N) is 1. The number of rotatable bonds is 3. The van der Waals surface area contributed by atoms with E-state index >= 15 is 0 Å². The second kappa shape index (κ2) is 4.53. The van der Waals surface area contributed by atoms with E-state index in [1.807, 2.05) is 16.8 Å². The van der Waals surface area contributed by atoms with Gasteiger partial charge in [0.15, 0.2) is 5.82 Å². The second-order valence-corrected chi connectivity index (χ2v) is 5.14. The van der Waals surface area contributed by atoms with Crippen LogP contribution >= 0.6 is 0 Å². The van der Waals surface area contributed by atoms with Gasteiger partial charge >= 0.3 is 0 Å². The predicted octanol–water partition coefficient (Wildman–Crippen LogP) is 1.90. The van der Waals surface area contributed by atoms with Gasteiger partial charge in [-0.1, -0.05) is 6.92 Å². The summed E-state index contributed by atoms with van der Waals surface area (Å²) in [4.78, 5) is 0. The van der Waals surface area contributed by atoms with Gasteiger partial charge in [0.05, 0.1) is 18.7 Å². The minimum atomic E-state index is 0.391. The molecule has 0 bridgehead atoms. The van der Waals surface area contributed by atoms with E-state index in [-0.39, 0.29) is 0 Å². The molecule has 0 radical (unpaired) electrons. The molecule has 2 N–H and O–H groups in total. The largest absolute Gasteiger partial charge is 0.496 e. The number of tetrazole rings is 1. The SMILES string of the molecule is COc1cc(N)ccc1-c1nnnn1C1CC(C)C1. The van der Waals surface area contributed by atoms with Crippen molar-refractivity contribution in [3.8, 4) is 17.1 Å². The fourth-order valence-corrected chi connectivity index (χ4v) is 2.57. The molecule has 0 atom stereocenters. The van der Waals surface area contributed by atoms with Crippen LogP contribution in [0, 0.1) is 5.92 Å². The van der Waals surface area contributed by atoms with Crippen LogP contribution in [0.1, 0.15) is 25.8 Å². The standard InChI is InChI=1S/C13H17N5O/c1-8-5-10(6-8)18-13(15-16-17-18)11-4-3-9(14)7-12(11)19-2/h3-4,7-8,10H,5-6,14H2,1-2H3. The molecule has 0 spiro atoms. The second-order valence-electron chi connectivity index (χ2n) is 5.14. The Hall–Kier alpha value is -2.11. The van der Waals surface area contributed by atoms with E-state index in [2.05, 4.69) is 22.4 Å². The van der Waals surface area contributed by atoms with Crippen molar-refractivity contribution in [2.75, 3.05) is 12.8 Å². The Kier molecular flexibility index (Phi) is 2.85. The van der Waals surface area contributed by atoms with E-state index in [1.165, 1.54) is 0 Å². The first kappa shape index (κ1) is 12.0. The van der Waals surface area contributed by atoms with Crippen LogP contribution in [0.3, 0.4) is 0 Å². The van der Waals surface area contributed by atoms with Gasteiger partial charge in [-0.2, -0.15) is 0 Å². The number of hydrogen-bond acceptors (Lipinski definition) is 5. The molecule has 0 saturated heterocycles. The molecule has 100 valence electrons. The molecule has 0 amide bonds. The summed E-state index contributed by atoms with van der Waals surface area (Å²) in [5, 5.41) is 12.0. The maximum Gasteiger partial charge on any atom is 0.186 e. The first-order chi connectivity index (χ1) is 9.19. The smallest absolute Gasteiger partial charge is 0.186 e. The number of nitrogen functional groups attached to an aromatic ring is 1. The highest BCUT2D eigenvalue weighted by atomic mass is 16.5. The van der Waals surface area contributed by atoms with Crippen molar-refractivity contribution in [1.29, 1.82) is 0 Å². The molecule has 2 aromatic rings. The van der Waals surface area contributed by atoms with Crippen LogP contribution in [-0.2, 0) is 0 Å². The summed E-state index contributed by atoms with van der Waals surface area (Å²) >= 11 is 0. The van der Waals surface area contributed by atoms with E-state index in [4.69, 9.17) is 10.5 Å². The quantitative estimate of drug-likeness (QED) is 0.852. The van der Waals surface area contributed by atoms with Crippen LogP contribution in [0.15, 0.2) is 18.2 Å². The van der Waals surface area contributed by atoms with Crippen molar-refractivity contribution in [3.05, 3.63) is 18.2 Å². The van der Waals surface area contributed by atoms with Gasteiger partial charge in [-0.05, 0) is 41.3 Å². The molecule has 19 heavy (non-hydrogen) atoms. The first-order valence-electron chi connectivity index (χ1n) is 6.40. The zero-order valence-corrected chi connectivity index (χ0v) is 11.1. The van der Waals surface area contributed by atoms with Gasteiger partial charge < -0.3 is 10.5 Å². The molecule has 1 aromatic carbocycles. The summed E-state index contributed by atoms with van der Waals surface area (Å²) < 4.78 is 7.27. The lowest BCUT2D eigenvalue weighted by atomic mass is 9.82. The van der Waals surface area contributed by atoms with Crippen molar-refractivity contribution in [2.45, 2.75) is 25.8 Å². The first-order valence-corrected chi connectivity index (χ1v) is 6.40. The monoisotopic (exact) mass is 259 g/mol. The van der Waals surface area contributed by atoms with E-state index in [0.29, 0.717) is 17.5 Å². The summed E-state index contributed by atoms with van der Waals surface area (Å²) in [6, 6.07) is 5.92. The molecule has 6 heteroatoms. The van der Waals surface area contributed by atoms with Gasteiger partial charge in [-0.25, -0.2) is 4.68 Å². The Labute approximate surface area is 111 Å². The molecule has 1 heterocycles. The minimum absolute atomic E-state index is 0.391. The van der Waals surface area contributed by atoms with E-state index in [1.54, 1.807) is 13.2 Å². The third-order valence-corrected chi connectivity index (χ3v) is 3.65. The number of methoxy groups -OCH3 is 1. The summed E-state index contributed by atoms with van der Waals surface area (Å²) in [6.07, 6.45) is 2.24. The average molecular weight is 259 g/mol. The topological polar surface area (TPSA) is 78.8 Å². The third-order valence-electron chi connectivity index (χ3n) is 3.65. The summed E-state index contributed by atoms with van der Waals surface area (Å²) in [6.45, 7) is 2.24. The Bertz CT molecular complexity index is 588. The van der Waals surface area contributed by atoms with Crippen molar-refractivity contribution >= 4 is 5.69 Å². The fourth-order valence-electron chi connectivity index (χ4n) is 2.57. The van der Waals surface area contributed by atoms with Crippen molar-refractivity contribution < 1.29 is 4.74 Å². The molecule has 0 unspecified atom stereocenters. The van der Waals surface area contributed by atoms with Crippen LogP contribution in [0.4, 0.5) is 5.69 Å². The third kappa shape index (κ3) is 2.03. The van der Waals surface area contributed by atoms with E-state index in [0.717, 1.165) is 30.1 Å². The lowest BCUT2D eigenvalue weighted by molar-refractivity contribution is 0.199. The highest BCUT2D eigenvalue weighted by Crippen LogP contribution is 2.39. The number of aromatic nitrogens is 4. The van der Waals surface area contributed by atoms with Gasteiger partial charge in [0.1, 0.15) is 5.75 Å². The Morgan fingerprint density at radius 2 is 2.16 bits per heavy atom. The van der Waals surface area contributed by atoms with Gasteiger partial charge in [-0.15, -0.1) is 5.10 Å². The molecule has 3 rings (SSSR count). The molecule has 1 fully saturated rings. The molecule has 1 saturated carbocycles. The lowest BCUT2D eigenvalue weighted by Gasteiger charge is -2.32. The number of hydrogen-bond donors (Lipinski definition) is 1. The highest BCUT2D eigenvalue weighted by Gasteiger charge is 2.30.